The minimum atomic E-state index is -0.700. The SMILES string of the molecule is CCc1cccc(NCCCCCC(=O)O)c1. The fourth-order valence-corrected chi connectivity index (χ4v) is 1.71. The number of nitrogens with one attached hydrogen (secondary N) is 1. The van der Waals surface area contributed by atoms with E-state index in [2.05, 4.69) is 36.5 Å². The molecule has 1 aromatic rings. The van der Waals surface area contributed by atoms with Crippen molar-refractivity contribution < 1.29 is 9.90 Å². The molecule has 0 saturated carbocycles. The van der Waals surface area contributed by atoms with Gasteiger partial charge in [0.05, 0.1) is 0 Å². The van der Waals surface area contributed by atoms with Crippen LogP contribution < -0.4 is 5.32 Å². The summed E-state index contributed by atoms with van der Waals surface area (Å²) in [5, 5.41) is 11.9. The highest BCUT2D eigenvalue weighted by molar-refractivity contribution is 5.66. The van der Waals surface area contributed by atoms with Gasteiger partial charge in [0.2, 0.25) is 0 Å². The predicted molar refractivity (Wildman–Crippen MR) is 70.4 cm³/mol. The van der Waals surface area contributed by atoms with Crippen molar-refractivity contribution in [2.24, 2.45) is 0 Å². The molecule has 0 aromatic heterocycles. The van der Waals surface area contributed by atoms with Crippen molar-refractivity contribution in [1.29, 1.82) is 0 Å². The van der Waals surface area contributed by atoms with Crippen LogP contribution in [-0.2, 0) is 11.2 Å². The van der Waals surface area contributed by atoms with Crippen molar-refractivity contribution in [3.63, 3.8) is 0 Å². The fraction of sp³-hybridized carbons (Fsp3) is 0.500. The Morgan fingerprint density at radius 1 is 1.29 bits per heavy atom. The predicted octanol–water partition coefficient (Wildman–Crippen LogP) is 3.31. The first kappa shape index (κ1) is 13.6. The molecule has 1 rings (SSSR count). The Balaban J connectivity index is 2.15. The van der Waals surface area contributed by atoms with Gasteiger partial charge in [-0.15, -0.1) is 0 Å². The molecule has 0 unspecified atom stereocenters. The number of aliphatic carboxylic acids is 1. The van der Waals surface area contributed by atoms with Gasteiger partial charge in [-0.3, -0.25) is 4.79 Å². The first-order valence-electron chi connectivity index (χ1n) is 6.27. The molecule has 17 heavy (non-hydrogen) atoms. The van der Waals surface area contributed by atoms with Crippen LogP contribution in [0.4, 0.5) is 5.69 Å². The number of benzene rings is 1. The molecule has 94 valence electrons. The molecule has 3 nitrogen and oxygen atoms in total. The molecule has 0 atom stereocenters. The molecule has 0 aliphatic rings. The third-order valence-corrected chi connectivity index (χ3v) is 2.73. The number of aryl methyl sites for hydroxylation is 1. The van der Waals surface area contributed by atoms with Crippen molar-refractivity contribution in [1.82, 2.24) is 0 Å². The van der Waals surface area contributed by atoms with Crippen molar-refractivity contribution >= 4 is 11.7 Å². The summed E-state index contributed by atoms with van der Waals surface area (Å²) in [5.74, 6) is -0.700. The Bertz CT molecular complexity index is 350. The maximum Gasteiger partial charge on any atom is 0.303 e. The summed E-state index contributed by atoms with van der Waals surface area (Å²) in [6.07, 6.45) is 4.09. The molecule has 3 heteroatoms. The van der Waals surface area contributed by atoms with Crippen LogP contribution in [-0.4, -0.2) is 17.6 Å². The molecule has 0 radical (unpaired) electrons. The van der Waals surface area contributed by atoms with Gasteiger partial charge in [-0.2, -0.15) is 0 Å². The molecule has 0 bridgehead atoms. The van der Waals surface area contributed by atoms with Crippen molar-refractivity contribution in [2.75, 3.05) is 11.9 Å². The lowest BCUT2D eigenvalue weighted by Gasteiger charge is -2.07. The zero-order valence-electron chi connectivity index (χ0n) is 10.4. The number of carbonyl (C=O) groups is 1. The lowest BCUT2D eigenvalue weighted by Crippen LogP contribution is -2.02. The number of anilines is 1. The molecule has 2 N–H and O–H groups in total. The smallest absolute Gasteiger partial charge is 0.303 e. The molecular formula is C14H21NO2. The van der Waals surface area contributed by atoms with E-state index < -0.39 is 5.97 Å². The number of unbranched alkanes of at least 4 members (excludes halogenated alkanes) is 2. The zero-order chi connectivity index (χ0) is 12.5. The van der Waals surface area contributed by atoms with E-state index >= 15 is 0 Å². The number of rotatable bonds is 8. The third-order valence-electron chi connectivity index (χ3n) is 2.73. The summed E-state index contributed by atoms with van der Waals surface area (Å²) in [7, 11) is 0. The monoisotopic (exact) mass is 235 g/mol. The van der Waals surface area contributed by atoms with Crippen LogP contribution in [0.3, 0.4) is 0 Å². The molecular weight excluding hydrogens is 214 g/mol. The molecule has 0 aliphatic heterocycles. The van der Waals surface area contributed by atoms with Gasteiger partial charge in [0.15, 0.2) is 0 Å². The zero-order valence-corrected chi connectivity index (χ0v) is 10.4. The van der Waals surface area contributed by atoms with Crippen LogP contribution in [0.15, 0.2) is 24.3 Å². The van der Waals surface area contributed by atoms with Crippen LogP contribution in [0.25, 0.3) is 0 Å². The van der Waals surface area contributed by atoms with Crippen molar-refractivity contribution in [2.45, 2.75) is 39.0 Å². The highest BCUT2D eigenvalue weighted by Crippen LogP contribution is 2.11. The number of hydrogen-bond acceptors (Lipinski definition) is 2. The topological polar surface area (TPSA) is 49.3 Å². The summed E-state index contributed by atoms with van der Waals surface area (Å²) in [5.41, 5.74) is 2.49. The second-order valence-electron chi connectivity index (χ2n) is 4.19. The molecule has 0 fully saturated rings. The summed E-state index contributed by atoms with van der Waals surface area (Å²) < 4.78 is 0. The number of hydrogen-bond donors (Lipinski definition) is 2. The van der Waals surface area contributed by atoms with Crippen LogP contribution >= 0.6 is 0 Å². The Kier molecular flexibility index (Phi) is 6.15. The largest absolute Gasteiger partial charge is 0.481 e. The lowest BCUT2D eigenvalue weighted by atomic mass is 10.1. The van der Waals surface area contributed by atoms with Crippen LogP contribution in [0.5, 0.6) is 0 Å². The van der Waals surface area contributed by atoms with E-state index in [1.807, 2.05) is 0 Å². The molecule has 1 aromatic carbocycles. The molecule has 0 saturated heterocycles. The highest BCUT2D eigenvalue weighted by atomic mass is 16.4. The van der Waals surface area contributed by atoms with E-state index in [-0.39, 0.29) is 6.42 Å². The van der Waals surface area contributed by atoms with E-state index in [0.717, 1.165) is 37.9 Å². The second-order valence-corrected chi connectivity index (χ2v) is 4.19. The molecule has 0 spiro atoms. The van der Waals surface area contributed by atoms with Gasteiger partial charge in [0.1, 0.15) is 0 Å². The summed E-state index contributed by atoms with van der Waals surface area (Å²) in [6.45, 7) is 3.05. The lowest BCUT2D eigenvalue weighted by molar-refractivity contribution is -0.137. The summed E-state index contributed by atoms with van der Waals surface area (Å²) in [4.78, 5) is 10.3. The van der Waals surface area contributed by atoms with E-state index in [4.69, 9.17) is 5.11 Å². The number of carboxylic acids is 1. The van der Waals surface area contributed by atoms with Crippen LogP contribution in [0.1, 0.15) is 38.2 Å². The van der Waals surface area contributed by atoms with Gasteiger partial charge < -0.3 is 10.4 Å². The van der Waals surface area contributed by atoms with Gasteiger partial charge >= 0.3 is 5.97 Å². The Morgan fingerprint density at radius 2 is 2.12 bits per heavy atom. The Morgan fingerprint density at radius 3 is 2.82 bits per heavy atom. The standard InChI is InChI=1S/C14H21NO2/c1-2-12-7-6-8-13(11-12)15-10-5-3-4-9-14(16)17/h6-8,11,15H,2-5,9-10H2,1H3,(H,16,17). The Hall–Kier alpha value is -1.51. The van der Waals surface area contributed by atoms with E-state index in [0.29, 0.717) is 0 Å². The first-order valence-corrected chi connectivity index (χ1v) is 6.27. The fourth-order valence-electron chi connectivity index (χ4n) is 1.71. The summed E-state index contributed by atoms with van der Waals surface area (Å²) >= 11 is 0. The van der Waals surface area contributed by atoms with E-state index in [1.165, 1.54) is 5.56 Å². The minimum Gasteiger partial charge on any atom is -0.481 e. The van der Waals surface area contributed by atoms with Gasteiger partial charge in [-0.25, -0.2) is 0 Å². The van der Waals surface area contributed by atoms with Gasteiger partial charge in [-0.05, 0) is 37.0 Å². The maximum atomic E-state index is 10.3. The minimum absolute atomic E-state index is 0.283. The van der Waals surface area contributed by atoms with Crippen molar-refractivity contribution in [3.05, 3.63) is 29.8 Å². The molecule has 0 amide bonds. The van der Waals surface area contributed by atoms with Gasteiger partial charge in [0, 0.05) is 18.7 Å². The molecule has 0 aliphatic carbocycles. The second kappa shape index (κ2) is 7.71. The van der Waals surface area contributed by atoms with Crippen LogP contribution in [0, 0.1) is 0 Å². The van der Waals surface area contributed by atoms with Crippen LogP contribution in [0.2, 0.25) is 0 Å². The third kappa shape index (κ3) is 5.95. The average Bonchev–Trinajstić information content (AvgIpc) is 2.33. The quantitative estimate of drug-likeness (QED) is 0.680. The van der Waals surface area contributed by atoms with Gasteiger partial charge in [-0.1, -0.05) is 25.5 Å². The first-order chi connectivity index (χ1) is 8.22. The summed E-state index contributed by atoms with van der Waals surface area (Å²) in [6, 6.07) is 8.41. The Labute approximate surface area is 103 Å². The normalized spacial score (nSPS) is 10.2. The molecule has 0 heterocycles. The number of carboxylic acid groups (broad SMARTS) is 1. The average molecular weight is 235 g/mol. The highest BCUT2D eigenvalue weighted by Gasteiger charge is 1.97. The van der Waals surface area contributed by atoms with Gasteiger partial charge in [0.25, 0.3) is 0 Å². The van der Waals surface area contributed by atoms with Crippen molar-refractivity contribution in [3.8, 4) is 0 Å². The maximum absolute atomic E-state index is 10.3. The van der Waals surface area contributed by atoms with E-state index in [1.54, 1.807) is 0 Å². The van der Waals surface area contributed by atoms with E-state index in [9.17, 15) is 4.79 Å².